The van der Waals surface area contributed by atoms with Gasteiger partial charge in [-0.15, -0.1) is 0 Å². The van der Waals surface area contributed by atoms with Gasteiger partial charge in [0.2, 0.25) is 5.88 Å². The summed E-state index contributed by atoms with van der Waals surface area (Å²) in [5.41, 5.74) is 0.514. The molecule has 0 amide bonds. The van der Waals surface area contributed by atoms with Gasteiger partial charge in [-0.25, -0.2) is 8.42 Å². The van der Waals surface area contributed by atoms with E-state index in [9.17, 15) is 18.6 Å². The molecular weight excluding hydrogens is 290 g/mol. The third-order valence-corrected chi connectivity index (χ3v) is 6.25. The fourth-order valence-electron chi connectivity index (χ4n) is 2.88. The highest BCUT2D eigenvalue weighted by Gasteiger charge is 2.35. The third kappa shape index (κ3) is 2.29. The molecule has 0 aliphatic heterocycles. The summed E-state index contributed by atoms with van der Waals surface area (Å²) in [5.74, 6) is -0.708. The number of hydrogen-bond acceptors (Lipinski definition) is 4. The van der Waals surface area contributed by atoms with Gasteiger partial charge in [0, 0.05) is 6.07 Å². The Balaban J connectivity index is 2.10. The first-order chi connectivity index (χ1) is 10.0. The molecule has 112 valence electrons. The van der Waals surface area contributed by atoms with E-state index in [0.29, 0.717) is 18.5 Å². The number of rotatable bonds is 3. The lowest BCUT2D eigenvalue weighted by Gasteiger charge is -2.10. The molecule has 1 fully saturated rings. The molecule has 3 rings (SSSR count). The molecule has 0 radical (unpaired) electrons. The van der Waals surface area contributed by atoms with Crippen molar-refractivity contribution in [1.82, 2.24) is 4.57 Å². The van der Waals surface area contributed by atoms with Gasteiger partial charge in [-0.3, -0.25) is 4.57 Å². The second-order valence-electron chi connectivity index (χ2n) is 5.31. The summed E-state index contributed by atoms with van der Waals surface area (Å²) in [6, 6.07) is 9.81. The van der Waals surface area contributed by atoms with E-state index in [1.165, 1.54) is 0 Å². The summed E-state index contributed by atoms with van der Waals surface area (Å²) in [7, 11) is -3.61. The topological polar surface area (TPSA) is 79.5 Å². The molecule has 0 spiro atoms. The van der Waals surface area contributed by atoms with Crippen molar-refractivity contribution in [1.29, 1.82) is 0 Å². The Bertz CT molecular complexity index is 743. The minimum atomic E-state index is -3.61. The maximum atomic E-state index is 12.6. The zero-order chi connectivity index (χ0) is 15.0. The van der Waals surface area contributed by atoms with Gasteiger partial charge in [-0.2, -0.15) is 0 Å². The Morgan fingerprint density at radius 1 is 1.05 bits per heavy atom. The Kier molecular flexibility index (Phi) is 3.41. The molecule has 1 aromatic carbocycles. The molecule has 1 heterocycles. The molecule has 0 unspecified atom stereocenters. The van der Waals surface area contributed by atoms with Crippen molar-refractivity contribution in [3.8, 4) is 17.4 Å². The highest BCUT2D eigenvalue weighted by Crippen LogP contribution is 2.39. The van der Waals surface area contributed by atoms with Crippen LogP contribution in [0.2, 0.25) is 0 Å². The molecule has 1 aliphatic carbocycles. The quantitative estimate of drug-likeness (QED) is 0.913. The van der Waals surface area contributed by atoms with Gasteiger partial charge < -0.3 is 10.2 Å². The maximum Gasteiger partial charge on any atom is 0.217 e. The molecule has 5 nitrogen and oxygen atoms in total. The first-order valence-electron chi connectivity index (χ1n) is 6.95. The predicted octanol–water partition coefficient (Wildman–Crippen LogP) is 2.60. The van der Waals surface area contributed by atoms with Crippen LogP contribution in [0.4, 0.5) is 0 Å². The molecule has 1 aromatic heterocycles. The van der Waals surface area contributed by atoms with E-state index >= 15 is 0 Å². The van der Waals surface area contributed by atoms with Crippen molar-refractivity contribution in [2.45, 2.75) is 35.8 Å². The zero-order valence-electron chi connectivity index (χ0n) is 11.4. The van der Waals surface area contributed by atoms with E-state index < -0.39 is 21.0 Å². The Morgan fingerprint density at radius 2 is 1.67 bits per heavy atom. The molecule has 1 saturated carbocycles. The summed E-state index contributed by atoms with van der Waals surface area (Å²) in [4.78, 5) is -0.184. The summed E-state index contributed by atoms with van der Waals surface area (Å²) in [6.45, 7) is 0. The van der Waals surface area contributed by atoms with Gasteiger partial charge in [0.15, 0.2) is 15.7 Å². The van der Waals surface area contributed by atoms with Crippen molar-refractivity contribution >= 4 is 9.84 Å². The predicted molar refractivity (Wildman–Crippen MR) is 78.5 cm³/mol. The maximum absolute atomic E-state index is 12.6. The largest absolute Gasteiger partial charge is 0.494 e. The van der Waals surface area contributed by atoms with E-state index in [1.54, 1.807) is 30.3 Å². The van der Waals surface area contributed by atoms with Crippen molar-refractivity contribution in [3.05, 3.63) is 36.4 Å². The fourth-order valence-corrected chi connectivity index (χ4v) is 4.81. The number of para-hydroxylation sites is 1. The highest BCUT2D eigenvalue weighted by atomic mass is 32.2. The standard InChI is InChI=1S/C15H17NO4S/c17-14-10-13(21(19,20)12-8-4-5-9-12)15(18)16(14)11-6-2-1-3-7-11/h1-3,6-7,10,12,17-18H,4-5,8-9H2. The van der Waals surface area contributed by atoms with Crippen LogP contribution < -0.4 is 0 Å². The van der Waals surface area contributed by atoms with Crippen LogP contribution in [0.25, 0.3) is 5.69 Å². The second kappa shape index (κ2) is 5.11. The molecule has 0 bridgehead atoms. The normalized spacial score (nSPS) is 16.4. The second-order valence-corrected chi connectivity index (χ2v) is 7.51. The molecule has 0 saturated heterocycles. The van der Waals surface area contributed by atoms with Crippen molar-refractivity contribution in [3.63, 3.8) is 0 Å². The van der Waals surface area contributed by atoms with E-state index in [1.807, 2.05) is 0 Å². The first kappa shape index (κ1) is 14.0. The fraction of sp³-hybridized carbons (Fsp3) is 0.333. The van der Waals surface area contributed by atoms with Crippen molar-refractivity contribution in [2.75, 3.05) is 0 Å². The van der Waals surface area contributed by atoms with E-state index in [4.69, 9.17) is 0 Å². The van der Waals surface area contributed by atoms with Crippen LogP contribution in [0, 0.1) is 0 Å². The summed E-state index contributed by atoms with van der Waals surface area (Å²) in [5, 5.41) is 19.8. The SMILES string of the molecule is O=S(=O)(c1cc(O)n(-c2ccccc2)c1O)C1CCCC1. The lowest BCUT2D eigenvalue weighted by Crippen LogP contribution is -2.17. The monoisotopic (exact) mass is 307 g/mol. The highest BCUT2D eigenvalue weighted by molar-refractivity contribution is 7.92. The molecule has 2 N–H and O–H groups in total. The van der Waals surface area contributed by atoms with Crippen LogP contribution >= 0.6 is 0 Å². The van der Waals surface area contributed by atoms with Crippen LogP contribution in [0.1, 0.15) is 25.7 Å². The number of benzene rings is 1. The number of aromatic nitrogens is 1. The van der Waals surface area contributed by atoms with E-state index in [-0.39, 0.29) is 10.8 Å². The summed E-state index contributed by atoms with van der Waals surface area (Å²) in [6.07, 6.45) is 2.99. The molecule has 2 aromatic rings. The minimum Gasteiger partial charge on any atom is -0.494 e. The van der Waals surface area contributed by atoms with Crippen LogP contribution in [0.5, 0.6) is 11.8 Å². The van der Waals surface area contributed by atoms with Crippen LogP contribution in [-0.2, 0) is 9.84 Å². The van der Waals surface area contributed by atoms with Gasteiger partial charge in [0.25, 0.3) is 0 Å². The number of hydrogen-bond donors (Lipinski definition) is 2. The average molecular weight is 307 g/mol. The van der Waals surface area contributed by atoms with E-state index in [2.05, 4.69) is 0 Å². The van der Waals surface area contributed by atoms with Crippen LogP contribution in [0.3, 0.4) is 0 Å². The van der Waals surface area contributed by atoms with Gasteiger partial charge in [-0.05, 0) is 25.0 Å². The average Bonchev–Trinajstić information content (AvgIpc) is 3.09. The summed E-state index contributed by atoms with van der Waals surface area (Å²) >= 11 is 0. The Morgan fingerprint density at radius 3 is 2.29 bits per heavy atom. The minimum absolute atomic E-state index is 0.184. The van der Waals surface area contributed by atoms with E-state index in [0.717, 1.165) is 23.5 Å². The number of aromatic hydroxyl groups is 2. The number of sulfone groups is 1. The van der Waals surface area contributed by atoms with Crippen LogP contribution in [0.15, 0.2) is 41.3 Å². The van der Waals surface area contributed by atoms with Gasteiger partial charge >= 0.3 is 0 Å². The molecule has 0 atom stereocenters. The molecule has 21 heavy (non-hydrogen) atoms. The Labute approximate surface area is 123 Å². The van der Waals surface area contributed by atoms with Crippen molar-refractivity contribution < 1.29 is 18.6 Å². The Hall–Kier alpha value is -1.95. The molecular formula is C15H17NO4S. The lowest BCUT2D eigenvalue weighted by atomic mass is 10.3. The first-order valence-corrected chi connectivity index (χ1v) is 8.49. The lowest BCUT2D eigenvalue weighted by molar-refractivity contribution is 0.397. The molecule has 6 heteroatoms. The van der Waals surface area contributed by atoms with Crippen molar-refractivity contribution in [2.24, 2.45) is 0 Å². The zero-order valence-corrected chi connectivity index (χ0v) is 12.3. The molecule has 1 aliphatic rings. The third-order valence-electron chi connectivity index (χ3n) is 3.98. The van der Waals surface area contributed by atoms with Crippen LogP contribution in [-0.4, -0.2) is 28.4 Å². The smallest absolute Gasteiger partial charge is 0.217 e. The van der Waals surface area contributed by atoms with Gasteiger partial charge in [-0.1, -0.05) is 31.0 Å². The van der Waals surface area contributed by atoms with Gasteiger partial charge in [0.1, 0.15) is 4.90 Å². The number of nitrogens with zero attached hydrogens (tertiary/aromatic N) is 1. The van der Waals surface area contributed by atoms with Gasteiger partial charge in [0.05, 0.1) is 10.9 Å². The summed E-state index contributed by atoms with van der Waals surface area (Å²) < 4.78 is 26.3.